The highest BCUT2D eigenvalue weighted by atomic mass is 127. The Morgan fingerprint density at radius 1 is 1.12 bits per heavy atom. The summed E-state index contributed by atoms with van der Waals surface area (Å²) in [5.41, 5.74) is 0. The van der Waals surface area contributed by atoms with Gasteiger partial charge in [0.1, 0.15) is 6.54 Å². The molecule has 0 aromatic heterocycles. The fourth-order valence-corrected chi connectivity index (χ4v) is 3.79. The minimum atomic E-state index is 0. The molecule has 2 atom stereocenters. The van der Waals surface area contributed by atoms with Crippen molar-refractivity contribution in [3.05, 3.63) is 0 Å². The maximum Gasteiger partial charge on any atom is 0.243 e. The highest BCUT2D eigenvalue weighted by molar-refractivity contribution is 14.0. The quantitative estimate of drug-likeness (QED) is 0.370. The number of hydrogen-bond donors (Lipinski definition) is 2. The third-order valence-electron chi connectivity index (χ3n) is 5.59. The van der Waals surface area contributed by atoms with Crippen LogP contribution in [0.25, 0.3) is 0 Å². The van der Waals surface area contributed by atoms with Crippen LogP contribution >= 0.6 is 24.0 Å². The number of likely N-dealkylation sites (tertiary alicyclic amines) is 1. The highest BCUT2D eigenvalue weighted by Crippen LogP contribution is 2.31. The van der Waals surface area contributed by atoms with Gasteiger partial charge in [-0.15, -0.1) is 24.0 Å². The molecule has 0 radical (unpaired) electrons. The minimum absolute atomic E-state index is 0. The van der Waals surface area contributed by atoms with Crippen molar-refractivity contribution in [2.75, 3.05) is 33.7 Å². The second kappa shape index (κ2) is 9.39. The number of likely N-dealkylation sites (N-methyl/N-ethyl adjacent to an activating group) is 1. The molecule has 25 heavy (non-hydrogen) atoms. The lowest BCUT2D eigenvalue weighted by molar-refractivity contribution is -0.127. The van der Waals surface area contributed by atoms with Gasteiger partial charge >= 0.3 is 0 Å². The first-order chi connectivity index (χ1) is 11.5. The Labute approximate surface area is 169 Å². The third-order valence-corrected chi connectivity index (χ3v) is 5.59. The molecular formula is C18H34IN5O. The molecule has 1 heterocycles. The summed E-state index contributed by atoms with van der Waals surface area (Å²) < 4.78 is 0. The summed E-state index contributed by atoms with van der Waals surface area (Å²) in [5.74, 6) is 1.49. The van der Waals surface area contributed by atoms with Crippen LogP contribution in [0.4, 0.5) is 0 Å². The van der Waals surface area contributed by atoms with Gasteiger partial charge in [0.25, 0.3) is 0 Å². The SMILES string of the molecule is CC1CN(C2CC2)CC1NC(=NCC(=O)N(C)C)NC1CCCC1.I. The molecule has 0 spiro atoms. The van der Waals surface area contributed by atoms with Crippen LogP contribution in [0.5, 0.6) is 0 Å². The Morgan fingerprint density at radius 3 is 2.40 bits per heavy atom. The number of carbonyl (C=O) groups is 1. The Kier molecular flexibility index (Phi) is 7.79. The Morgan fingerprint density at radius 2 is 1.80 bits per heavy atom. The van der Waals surface area contributed by atoms with E-state index in [1.54, 1.807) is 19.0 Å². The van der Waals surface area contributed by atoms with Crippen LogP contribution in [0.2, 0.25) is 0 Å². The van der Waals surface area contributed by atoms with E-state index >= 15 is 0 Å². The van der Waals surface area contributed by atoms with E-state index in [1.807, 2.05) is 0 Å². The second-order valence-corrected chi connectivity index (χ2v) is 7.99. The maximum absolute atomic E-state index is 11.9. The van der Waals surface area contributed by atoms with Crippen LogP contribution in [0.15, 0.2) is 4.99 Å². The molecular weight excluding hydrogens is 429 g/mol. The Bertz CT molecular complexity index is 474. The smallest absolute Gasteiger partial charge is 0.243 e. The first-order valence-corrected chi connectivity index (χ1v) is 9.54. The van der Waals surface area contributed by atoms with Gasteiger partial charge in [0.2, 0.25) is 5.91 Å². The summed E-state index contributed by atoms with van der Waals surface area (Å²) in [7, 11) is 3.56. The van der Waals surface area contributed by atoms with Crippen molar-refractivity contribution in [1.29, 1.82) is 0 Å². The zero-order valence-corrected chi connectivity index (χ0v) is 18.2. The number of aliphatic imine (C=N–C) groups is 1. The molecule has 2 saturated carbocycles. The molecule has 1 saturated heterocycles. The van der Waals surface area contributed by atoms with E-state index in [0.29, 0.717) is 18.0 Å². The number of nitrogens with one attached hydrogen (secondary N) is 2. The number of guanidine groups is 1. The fourth-order valence-electron chi connectivity index (χ4n) is 3.79. The van der Waals surface area contributed by atoms with Crippen molar-refractivity contribution >= 4 is 35.8 Å². The Balaban J connectivity index is 0.00000225. The van der Waals surface area contributed by atoms with Crippen LogP contribution in [-0.4, -0.2) is 73.5 Å². The molecule has 7 heteroatoms. The average Bonchev–Trinajstić information content (AvgIpc) is 3.16. The van der Waals surface area contributed by atoms with E-state index < -0.39 is 0 Å². The average molecular weight is 463 g/mol. The van der Waals surface area contributed by atoms with Gasteiger partial charge in [-0.25, -0.2) is 4.99 Å². The first kappa shape index (κ1) is 20.7. The van der Waals surface area contributed by atoms with Gasteiger partial charge in [0.05, 0.1) is 0 Å². The van der Waals surface area contributed by atoms with E-state index in [0.717, 1.165) is 18.5 Å². The van der Waals surface area contributed by atoms with Crippen molar-refractivity contribution in [2.24, 2.45) is 10.9 Å². The molecule has 144 valence electrons. The third kappa shape index (κ3) is 5.98. The molecule has 1 aliphatic heterocycles. The molecule has 3 rings (SSSR count). The van der Waals surface area contributed by atoms with E-state index in [4.69, 9.17) is 0 Å². The van der Waals surface area contributed by atoms with Gasteiger partial charge in [-0.3, -0.25) is 9.69 Å². The summed E-state index contributed by atoms with van der Waals surface area (Å²) >= 11 is 0. The monoisotopic (exact) mass is 463 g/mol. The summed E-state index contributed by atoms with van der Waals surface area (Å²) in [6, 6.07) is 1.74. The van der Waals surface area contributed by atoms with Crippen LogP contribution in [0.1, 0.15) is 45.4 Å². The van der Waals surface area contributed by atoms with Crippen molar-refractivity contribution < 1.29 is 4.79 Å². The van der Waals surface area contributed by atoms with Crippen molar-refractivity contribution in [2.45, 2.75) is 63.6 Å². The van der Waals surface area contributed by atoms with Crippen molar-refractivity contribution in [3.63, 3.8) is 0 Å². The van der Waals surface area contributed by atoms with Gasteiger partial charge in [-0.05, 0) is 31.6 Å². The largest absolute Gasteiger partial charge is 0.354 e. The lowest BCUT2D eigenvalue weighted by Crippen LogP contribution is -2.49. The summed E-state index contributed by atoms with van der Waals surface area (Å²) in [6.07, 6.45) is 7.71. The molecule has 2 N–H and O–H groups in total. The lowest BCUT2D eigenvalue weighted by Gasteiger charge is -2.23. The molecule has 6 nitrogen and oxygen atoms in total. The number of rotatable bonds is 5. The van der Waals surface area contributed by atoms with Gasteiger partial charge in [0.15, 0.2) is 5.96 Å². The summed E-state index contributed by atoms with van der Waals surface area (Å²) in [5, 5.41) is 7.19. The first-order valence-electron chi connectivity index (χ1n) is 9.54. The van der Waals surface area contributed by atoms with Gasteiger partial charge < -0.3 is 15.5 Å². The molecule has 0 aromatic carbocycles. The van der Waals surface area contributed by atoms with Crippen LogP contribution in [0, 0.1) is 5.92 Å². The normalized spacial score (nSPS) is 27.9. The molecule has 0 aromatic rings. The minimum Gasteiger partial charge on any atom is -0.354 e. The highest BCUT2D eigenvalue weighted by Gasteiger charge is 2.38. The number of carbonyl (C=O) groups excluding carboxylic acids is 1. The molecule has 0 bridgehead atoms. The lowest BCUT2D eigenvalue weighted by atomic mass is 10.1. The summed E-state index contributed by atoms with van der Waals surface area (Å²) in [4.78, 5) is 20.7. The van der Waals surface area contributed by atoms with E-state index in [2.05, 4.69) is 27.4 Å². The predicted molar refractivity (Wildman–Crippen MR) is 112 cm³/mol. The molecule has 3 aliphatic rings. The van der Waals surface area contributed by atoms with Gasteiger partial charge in [0, 0.05) is 45.3 Å². The number of amides is 1. The predicted octanol–water partition coefficient (Wildman–Crippen LogP) is 1.65. The zero-order chi connectivity index (χ0) is 17.1. The molecule has 2 unspecified atom stereocenters. The number of hydrogen-bond acceptors (Lipinski definition) is 3. The topological polar surface area (TPSA) is 60.0 Å². The van der Waals surface area contributed by atoms with Crippen molar-refractivity contribution in [1.82, 2.24) is 20.4 Å². The Hall–Kier alpha value is -0.570. The molecule has 1 amide bonds. The molecule has 2 aliphatic carbocycles. The summed E-state index contributed by atoms with van der Waals surface area (Å²) in [6.45, 7) is 4.80. The molecule has 3 fully saturated rings. The number of nitrogens with zero attached hydrogens (tertiary/aromatic N) is 3. The van der Waals surface area contributed by atoms with Gasteiger partial charge in [-0.2, -0.15) is 0 Å². The van der Waals surface area contributed by atoms with E-state index in [-0.39, 0.29) is 36.4 Å². The van der Waals surface area contributed by atoms with Crippen LogP contribution in [0.3, 0.4) is 0 Å². The van der Waals surface area contributed by atoms with Gasteiger partial charge in [-0.1, -0.05) is 19.8 Å². The van der Waals surface area contributed by atoms with E-state index in [9.17, 15) is 4.79 Å². The standard InChI is InChI=1S/C18H33N5O.HI/c1-13-11-23(15-8-9-15)12-16(13)21-18(19-10-17(24)22(2)3)20-14-6-4-5-7-14;/h13-16H,4-12H2,1-3H3,(H2,19,20,21);1H. The van der Waals surface area contributed by atoms with Crippen LogP contribution in [-0.2, 0) is 4.79 Å². The van der Waals surface area contributed by atoms with Crippen LogP contribution < -0.4 is 10.6 Å². The maximum atomic E-state index is 11.9. The fraction of sp³-hybridized carbons (Fsp3) is 0.889. The van der Waals surface area contributed by atoms with E-state index in [1.165, 1.54) is 45.1 Å². The second-order valence-electron chi connectivity index (χ2n) is 7.99. The number of halogens is 1. The van der Waals surface area contributed by atoms with Crippen molar-refractivity contribution in [3.8, 4) is 0 Å². The zero-order valence-electron chi connectivity index (χ0n) is 15.8.